The molecule has 3 N–H and O–H groups in total. The van der Waals surface area contributed by atoms with E-state index in [4.69, 9.17) is 5.73 Å². The number of carbonyl (C=O) groups excluding carboxylic acids is 1. The molecule has 0 saturated heterocycles. The monoisotopic (exact) mass is 316 g/mol. The molecule has 1 aromatic heterocycles. The summed E-state index contributed by atoms with van der Waals surface area (Å²) in [7, 11) is 1.71. The molecule has 0 aliphatic rings. The highest BCUT2D eigenvalue weighted by Crippen LogP contribution is 2.15. The van der Waals surface area contributed by atoms with E-state index >= 15 is 0 Å². The summed E-state index contributed by atoms with van der Waals surface area (Å²) in [5.74, 6) is -0.227. The van der Waals surface area contributed by atoms with Crippen molar-refractivity contribution >= 4 is 5.91 Å². The minimum atomic E-state index is -0.260. The second-order valence-corrected chi connectivity index (χ2v) is 6.71. The Hall–Kier alpha value is -2.34. The van der Waals surface area contributed by atoms with Gasteiger partial charge in [0.15, 0.2) is 0 Å². The van der Waals surface area contributed by atoms with Crippen LogP contribution in [0.1, 0.15) is 29.9 Å². The Kier molecular flexibility index (Phi) is 4.75. The number of nitrogens with one attached hydrogen (secondary N) is 1. The first kappa shape index (κ1) is 17.0. The Labute approximate surface area is 135 Å². The van der Waals surface area contributed by atoms with Crippen LogP contribution in [0.25, 0.3) is 5.69 Å². The van der Waals surface area contributed by atoms with Crippen molar-refractivity contribution in [3.8, 4) is 5.69 Å². The van der Waals surface area contributed by atoms with Crippen LogP contribution in [0.5, 0.6) is 0 Å². The van der Waals surface area contributed by atoms with Gasteiger partial charge in [0.05, 0.1) is 5.69 Å². The van der Waals surface area contributed by atoms with Gasteiger partial charge in [-0.3, -0.25) is 14.7 Å². The van der Waals surface area contributed by atoms with Crippen LogP contribution >= 0.6 is 0 Å². The molecule has 124 valence electrons. The lowest BCUT2D eigenvalue weighted by Gasteiger charge is -2.28. The first-order valence-corrected chi connectivity index (χ1v) is 7.58. The van der Waals surface area contributed by atoms with E-state index in [0.717, 1.165) is 5.56 Å². The lowest BCUT2D eigenvalue weighted by atomic mass is 9.93. The summed E-state index contributed by atoms with van der Waals surface area (Å²) in [6, 6.07) is 8.83. The highest BCUT2D eigenvalue weighted by molar-refractivity contribution is 5.92. The number of aromatic nitrogens is 2. The van der Waals surface area contributed by atoms with E-state index in [1.807, 2.05) is 45.0 Å². The topological polar surface area (TPSA) is 84.1 Å². The molecular weight excluding hydrogens is 292 g/mol. The first-order chi connectivity index (χ1) is 10.7. The van der Waals surface area contributed by atoms with E-state index in [0.29, 0.717) is 18.8 Å². The van der Waals surface area contributed by atoms with Crippen molar-refractivity contribution in [1.29, 1.82) is 0 Å². The number of rotatable bonds is 5. The van der Waals surface area contributed by atoms with Gasteiger partial charge in [0, 0.05) is 19.7 Å². The van der Waals surface area contributed by atoms with Crippen molar-refractivity contribution < 1.29 is 4.79 Å². The van der Waals surface area contributed by atoms with Gasteiger partial charge in [-0.15, -0.1) is 0 Å². The molecule has 6 nitrogen and oxygen atoms in total. The molecule has 0 atom stereocenters. The normalized spacial score (nSPS) is 11.5. The molecule has 1 aromatic carbocycles. The van der Waals surface area contributed by atoms with Gasteiger partial charge in [0.2, 0.25) is 0 Å². The van der Waals surface area contributed by atoms with Gasteiger partial charge in [-0.25, -0.2) is 4.68 Å². The van der Waals surface area contributed by atoms with Crippen molar-refractivity contribution in [2.75, 3.05) is 20.1 Å². The van der Waals surface area contributed by atoms with Crippen LogP contribution in [0, 0.1) is 12.3 Å². The summed E-state index contributed by atoms with van der Waals surface area (Å²) >= 11 is 0. The van der Waals surface area contributed by atoms with Gasteiger partial charge in [-0.05, 0) is 31.0 Å². The van der Waals surface area contributed by atoms with Crippen LogP contribution in [-0.2, 0) is 0 Å². The molecule has 0 spiro atoms. The number of hydrogen-bond donors (Lipinski definition) is 2. The number of H-pyrrole nitrogens is 1. The largest absolute Gasteiger partial charge is 0.340 e. The summed E-state index contributed by atoms with van der Waals surface area (Å²) in [5.41, 5.74) is 7.35. The van der Waals surface area contributed by atoms with Gasteiger partial charge in [0.1, 0.15) is 5.69 Å². The second kappa shape index (κ2) is 6.42. The molecule has 1 amide bonds. The van der Waals surface area contributed by atoms with Crippen LogP contribution in [0.4, 0.5) is 0 Å². The predicted molar refractivity (Wildman–Crippen MR) is 90.9 cm³/mol. The molecule has 2 aromatic rings. The lowest BCUT2D eigenvalue weighted by Crippen LogP contribution is -2.39. The summed E-state index contributed by atoms with van der Waals surface area (Å²) < 4.78 is 1.37. The molecule has 0 unspecified atom stereocenters. The van der Waals surface area contributed by atoms with Crippen molar-refractivity contribution in [2.45, 2.75) is 20.8 Å². The number of aryl methyl sites for hydroxylation is 1. The number of aromatic amines is 1. The van der Waals surface area contributed by atoms with Crippen molar-refractivity contribution in [2.24, 2.45) is 11.1 Å². The fourth-order valence-electron chi connectivity index (χ4n) is 2.38. The van der Waals surface area contributed by atoms with Gasteiger partial charge >= 0.3 is 0 Å². The average molecular weight is 316 g/mol. The summed E-state index contributed by atoms with van der Waals surface area (Å²) in [4.78, 5) is 26.2. The van der Waals surface area contributed by atoms with Gasteiger partial charge in [-0.2, -0.15) is 0 Å². The zero-order valence-corrected chi connectivity index (χ0v) is 14.1. The van der Waals surface area contributed by atoms with E-state index in [2.05, 4.69) is 5.10 Å². The average Bonchev–Trinajstić information content (AvgIpc) is 2.88. The Balaban J connectivity index is 2.25. The van der Waals surface area contributed by atoms with Crippen molar-refractivity contribution in [3.63, 3.8) is 0 Å². The van der Waals surface area contributed by atoms with Gasteiger partial charge < -0.3 is 10.6 Å². The van der Waals surface area contributed by atoms with E-state index in [-0.39, 0.29) is 22.6 Å². The maximum Gasteiger partial charge on any atom is 0.271 e. The highest BCUT2D eigenvalue weighted by atomic mass is 16.2. The third-order valence-electron chi connectivity index (χ3n) is 3.81. The second-order valence-electron chi connectivity index (χ2n) is 6.71. The summed E-state index contributed by atoms with van der Waals surface area (Å²) in [6.45, 7) is 6.96. The third kappa shape index (κ3) is 3.90. The summed E-state index contributed by atoms with van der Waals surface area (Å²) in [6.07, 6.45) is 0. The minimum Gasteiger partial charge on any atom is -0.340 e. The lowest BCUT2D eigenvalue weighted by molar-refractivity contribution is 0.0734. The first-order valence-electron chi connectivity index (χ1n) is 7.58. The van der Waals surface area contributed by atoms with Crippen molar-refractivity contribution in [3.05, 3.63) is 51.9 Å². The summed E-state index contributed by atoms with van der Waals surface area (Å²) in [5, 5.41) is 2.88. The number of nitrogens with two attached hydrogens (primary N) is 1. The minimum absolute atomic E-state index is 0.176. The third-order valence-corrected chi connectivity index (χ3v) is 3.81. The molecular formula is C17H24N4O2. The quantitative estimate of drug-likeness (QED) is 0.877. The van der Waals surface area contributed by atoms with Crippen LogP contribution in [0.2, 0.25) is 0 Å². The molecule has 0 bridgehead atoms. The maximum atomic E-state index is 12.5. The van der Waals surface area contributed by atoms with Crippen LogP contribution in [0.3, 0.4) is 0 Å². The Morgan fingerprint density at radius 1 is 1.30 bits per heavy atom. The standard InChI is InChI=1S/C17H24N4O2/c1-12-5-7-13(8-6-12)21-15(22)9-14(19-21)16(23)20(4)11-17(2,3)10-18/h5-9,19H,10-11,18H2,1-4H3. The predicted octanol–water partition coefficient (Wildman–Crippen LogP) is 1.53. The zero-order chi connectivity index (χ0) is 17.2. The van der Waals surface area contributed by atoms with E-state index in [1.54, 1.807) is 11.9 Å². The molecule has 2 rings (SSSR count). The van der Waals surface area contributed by atoms with Crippen LogP contribution in [0.15, 0.2) is 35.1 Å². The van der Waals surface area contributed by atoms with Crippen LogP contribution < -0.4 is 11.3 Å². The molecule has 0 aliphatic carbocycles. The maximum absolute atomic E-state index is 12.5. The Morgan fingerprint density at radius 3 is 2.48 bits per heavy atom. The Morgan fingerprint density at radius 2 is 1.91 bits per heavy atom. The molecule has 0 aliphatic heterocycles. The number of carbonyl (C=O) groups is 1. The Bertz CT molecular complexity index is 741. The SMILES string of the molecule is Cc1ccc(-n2[nH]c(C(=O)N(C)CC(C)(C)CN)cc2=O)cc1. The molecule has 0 saturated carbocycles. The van der Waals surface area contributed by atoms with E-state index < -0.39 is 0 Å². The van der Waals surface area contributed by atoms with E-state index in [9.17, 15) is 9.59 Å². The van der Waals surface area contributed by atoms with Gasteiger partial charge in [0.25, 0.3) is 11.5 Å². The zero-order valence-electron chi connectivity index (χ0n) is 14.1. The van der Waals surface area contributed by atoms with Gasteiger partial charge in [-0.1, -0.05) is 31.5 Å². The number of amides is 1. The molecule has 6 heteroatoms. The number of hydrogen-bond acceptors (Lipinski definition) is 3. The molecule has 23 heavy (non-hydrogen) atoms. The molecule has 1 heterocycles. The smallest absolute Gasteiger partial charge is 0.271 e. The fourth-order valence-corrected chi connectivity index (χ4v) is 2.38. The number of benzene rings is 1. The fraction of sp³-hybridized carbons (Fsp3) is 0.412. The van der Waals surface area contributed by atoms with Crippen molar-refractivity contribution in [1.82, 2.24) is 14.7 Å². The number of nitrogens with zero attached hydrogens (tertiary/aromatic N) is 2. The highest BCUT2D eigenvalue weighted by Gasteiger charge is 2.23. The van der Waals surface area contributed by atoms with E-state index in [1.165, 1.54) is 10.7 Å². The molecule has 0 fully saturated rings. The van der Waals surface area contributed by atoms with Crippen LogP contribution in [-0.4, -0.2) is 40.7 Å². The molecule has 0 radical (unpaired) electrons.